The maximum atomic E-state index is 10.8. The van der Waals surface area contributed by atoms with E-state index in [0.29, 0.717) is 0 Å². The molecule has 1 aromatic carbocycles. The van der Waals surface area contributed by atoms with E-state index in [0.717, 1.165) is 24.9 Å². The van der Waals surface area contributed by atoms with Gasteiger partial charge < -0.3 is 5.32 Å². The Balaban J connectivity index is 2.10. The fraction of sp³-hybridized carbons (Fsp3) is 0.400. The summed E-state index contributed by atoms with van der Waals surface area (Å²) in [7, 11) is -3.35. The molecule has 1 N–H and O–H groups in total. The summed E-state index contributed by atoms with van der Waals surface area (Å²) in [4.78, 5) is 0. The van der Waals surface area contributed by atoms with Crippen LogP contribution in [0.3, 0.4) is 0 Å². The average molecular weight is 227 g/mol. The molecule has 1 heterocycles. The molecule has 1 aliphatic rings. The number of fused-ring (bicyclic) bond motifs is 1. The first-order valence-corrected chi connectivity index (χ1v) is 6.52. The van der Waals surface area contributed by atoms with Gasteiger partial charge in [0.25, 0.3) is 10.1 Å². The van der Waals surface area contributed by atoms with Crippen LogP contribution in [0.1, 0.15) is 16.7 Å². The molecule has 0 unspecified atom stereocenters. The van der Waals surface area contributed by atoms with Gasteiger partial charge in [-0.25, -0.2) is 0 Å². The van der Waals surface area contributed by atoms with Crippen LogP contribution in [0.15, 0.2) is 18.2 Å². The normalized spacial score (nSPS) is 15.3. The van der Waals surface area contributed by atoms with Gasteiger partial charge in [0.1, 0.15) is 0 Å². The molecule has 1 aromatic rings. The van der Waals surface area contributed by atoms with Crippen LogP contribution in [0.4, 0.5) is 0 Å². The van der Waals surface area contributed by atoms with Crippen LogP contribution in [0, 0.1) is 0 Å². The number of hydrogen-bond donors (Lipinski definition) is 1. The molecule has 0 atom stereocenters. The molecule has 0 saturated heterocycles. The first-order chi connectivity index (χ1) is 7.04. The molecular weight excluding hydrogens is 214 g/mol. The second-order valence-electron chi connectivity index (χ2n) is 3.67. The number of nitrogens with one attached hydrogen (secondary N) is 1. The van der Waals surface area contributed by atoms with E-state index in [1.165, 1.54) is 11.1 Å². The summed E-state index contributed by atoms with van der Waals surface area (Å²) in [5, 5.41) is 3.23. The summed E-state index contributed by atoms with van der Waals surface area (Å²) in [6.45, 7) is 1.86. The van der Waals surface area contributed by atoms with Crippen molar-refractivity contribution in [1.29, 1.82) is 0 Å². The van der Waals surface area contributed by atoms with Crippen molar-refractivity contribution >= 4 is 10.1 Å². The molecule has 0 bridgehead atoms. The lowest BCUT2D eigenvalue weighted by atomic mass is 10.1. The highest BCUT2D eigenvalue weighted by Gasteiger charge is 2.10. The first-order valence-electron chi connectivity index (χ1n) is 4.70. The summed E-state index contributed by atoms with van der Waals surface area (Å²) in [6, 6.07) is 5.90. The third-order valence-electron chi connectivity index (χ3n) is 2.34. The van der Waals surface area contributed by atoms with Gasteiger partial charge in [-0.05, 0) is 16.7 Å². The highest BCUT2D eigenvalue weighted by molar-refractivity contribution is 7.85. The molecule has 0 radical (unpaired) electrons. The minimum absolute atomic E-state index is 0.117. The molecule has 82 valence electrons. The van der Waals surface area contributed by atoms with Crippen LogP contribution < -0.4 is 5.32 Å². The van der Waals surface area contributed by atoms with E-state index < -0.39 is 10.1 Å². The van der Waals surface area contributed by atoms with Gasteiger partial charge in [-0.1, -0.05) is 18.2 Å². The largest absolute Gasteiger partial charge is 0.309 e. The fourth-order valence-electron chi connectivity index (χ4n) is 1.61. The van der Waals surface area contributed by atoms with Crippen LogP contribution >= 0.6 is 0 Å². The van der Waals surface area contributed by atoms with Crippen LogP contribution in [-0.2, 0) is 34.0 Å². The van der Waals surface area contributed by atoms with E-state index in [9.17, 15) is 8.42 Å². The second kappa shape index (κ2) is 3.92. The lowest BCUT2D eigenvalue weighted by molar-refractivity contribution is 0.311. The first kappa shape index (κ1) is 10.6. The van der Waals surface area contributed by atoms with E-state index in [1.54, 1.807) is 0 Å². The van der Waals surface area contributed by atoms with Gasteiger partial charge in [0.15, 0.2) is 0 Å². The molecular formula is C10H13NO3S. The highest BCUT2D eigenvalue weighted by atomic mass is 32.2. The third kappa shape index (κ3) is 2.77. The van der Waals surface area contributed by atoms with Crippen LogP contribution in [0.2, 0.25) is 0 Å². The lowest BCUT2D eigenvalue weighted by Crippen LogP contribution is -2.03. The van der Waals surface area contributed by atoms with Crippen molar-refractivity contribution in [3.8, 4) is 0 Å². The Morgan fingerprint density at radius 1 is 1.33 bits per heavy atom. The quantitative estimate of drug-likeness (QED) is 0.775. The molecule has 1 aliphatic heterocycles. The van der Waals surface area contributed by atoms with Crippen molar-refractivity contribution in [2.24, 2.45) is 0 Å². The number of rotatable bonds is 3. The molecule has 5 heteroatoms. The zero-order chi connectivity index (χ0) is 10.9. The Morgan fingerprint density at radius 2 is 2.07 bits per heavy atom. The van der Waals surface area contributed by atoms with Crippen molar-refractivity contribution in [2.75, 3.05) is 6.26 Å². The van der Waals surface area contributed by atoms with Crippen molar-refractivity contribution in [1.82, 2.24) is 5.32 Å². The van der Waals surface area contributed by atoms with Crippen LogP contribution in [0.25, 0.3) is 0 Å². The van der Waals surface area contributed by atoms with E-state index in [-0.39, 0.29) is 6.61 Å². The Bertz CT molecular complexity index is 468. The topological polar surface area (TPSA) is 55.4 Å². The summed E-state index contributed by atoms with van der Waals surface area (Å²) in [6.07, 6.45) is 1.06. The standard InChI is InChI=1S/C10H13NO3S/c1-15(12,13)14-7-8-2-3-9-5-11-6-10(9)4-8/h2-4,11H,5-7H2,1H3. The van der Waals surface area contributed by atoms with Gasteiger partial charge in [0.2, 0.25) is 0 Å². The average Bonchev–Trinajstić information content (AvgIpc) is 2.60. The second-order valence-corrected chi connectivity index (χ2v) is 5.32. The molecule has 0 aliphatic carbocycles. The van der Waals surface area contributed by atoms with E-state index >= 15 is 0 Å². The Hall–Kier alpha value is -0.910. The molecule has 0 spiro atoms. The Kier molecular flexibility index (Phi) is 2.77. The van der Waals surface area contributed by atoms with Gasteiger partial charge in [-0.2, -0.15) is 8.42 Å². The predicted molar refractivity (Wildman–Crippen MR) is 56.6 cm³/mol. The SMILES string of the molecule is CS(=O)(=O)OCc1ccc2c(c1)CNC2. The lowest BCUT2D eigenvalue weighted by Gasteiger charge is -2.04. The minimum atomic E-state index is -3.35. The minimum Gasteiger partial charge on any atom is -0.309 e. The van der Waals surface area contributed by atoms with Gasteiger partial charge in [-0.15, -0.1) is 0 Å². The fourth-order valence-corrected chi connectivity index (χ4v) is 1.96. The van der Waals surface area contributed by atoms with Crippen molar-refractivity contribution in [2.45, 2.75) is 19.7 Å². The smallest absolute Gasteiger partial charge is 0.264 e. The maximum Gasteiger partial charge on any atom is 0.264 e. The molecule has 2 rings (SSSR count). The summed E-state index contributed by atoms with van der Waals surface area (Å²) >= 11 is 0. The van der Waals surface area contributed by atoms with Crippen molar-refractivity contribution < 1.29 is 12.6 Å². The predicted octanol–water partition coefficient (Wildman–Crippen LogP) is 0.766. The van der Waals surface area contributed by atoms with Gasteiger partial charge in [-0.3, -0.25) is 4.18 Å². The van der Waals surface area contributed by atoms with E-state index in [4.69, 9.17) is 4.18 Å². The molecule has 0 fully saturated rings. The third-order valence-corrected chi connectivity index (χ3v) is 2.89. The van der Waals surface area contributed by atoms with Crippen LogP contribution in [-0.4, -0.2) is 14.7 Å². The summed E-state index contributed by atoms with van der Waals surface area (Å²) < 4.78 is 26.3. The summed E-state index contributed by atoms with van der Waals surface area (Å²) in [5.74, 6) is 0. The van der Waals surface area contributed by atoms with Crippen molar-refractivity contribution in [3.05, 3.63) is 34.9 Å². The zero-order valence-corrected chi connectivity index (χ0v) is 9.30. The highest BCUT2D eigenvalue weighted by Crippen LogP contribution is 2.17. The molecule has 0 saturated carbocycles. The maximum absolute atomic E-state index is 10.8. The van der Waals surface area contributed by atoms with Crippen LogP contribution in [0.5, 0.6) is 0 Å². The summed E-state index contributed by atoms with van der Waals surface area (Å²) in [5.41, 5.74) is 3.39. The molecule has 0 amide bonds. The molecule has 15 heavy (non-hydrogen) atoms. The van der Waals surface area contributed by atoms with Gasteiger partial charge in [0.05, 0.1) is 12.9 Å². The monoisotopic (exact) mass is 227 g/mol. The van der Waals surface area contributed by atoms with Gasteiger partial charge in [0, 0.05) is 13.1 Å². The number of benzene rings is 1. The van der Waals surface area contributed by atoms with Gasteiger partial charge >= 0.3 is 0 Å². The Labute approximate surface area is 89.4 Å². The van der Waals surface area contributed by atoms with Crippen molar-refractivity contribution in [3.63, 3.8) is 0 Å². The van der Waals surface area contributed by atoms with E-state index in [2.05, 4.69) is 5.32 Å². The Morgan fingerprint density at radius 3 is 2.80 bits per heavy atom. The van der Waals surface area contributed by atoms with E-state index in [1.807, 2.05) is 18.2 Å². The zero-order valence-electron chi connectivity index (χ0n) is 8.49. The number of hydrogen-bond acceptors (Lipinski definition) is 4. The molecule has 0 aromatic heterocycles. The molecule has 4 nitrogen and oxygen atoms in total.